The van der Waals surface area contributed by atoms with E-state index in [-0.39, 0.29) is 0 Å². The Balaban J connectivity index is 1.43. The van der Waals surface area contributed by atoms with Gasteiger partial charge in [0.1, 0.15) is 0 Å². The van der Waals surface area contributed by atoms with Crippen LogP contribution in [0.15, 0.2) is 79.1 Å². The van der Waals surface area contributed by atoms with Gasteiger partial charge in [-0.15, -0.1) is 0 Å². The van der Waals surface area contributed by atoms with Gasteiger partial charge in [-0.2, -0.15) is 9.13 Å². The number of aryl methyl sites for hydroxylation is 4. The van der Waals surface area contributed by atoms with Crippen LogP contribution < -0.4 is 14.0 Å². The highest BCUT2D eigenvalue weighted by Crippen LogP contribution is 2.39. The summed E-state index contributed by atoms with van der Waals surface area (Å²) in [6.07, 6.45) is 11.1. The Kier molecular flexibility index (Phi) is 4.83. The van der Waals surface area contributed by atoms with Gasteiger partial charge in [-0.25, -0.2) is 0 Å². The fourth-order valence-electron chi connectivity index (χ4n) is 5.21. The summed E-state index contributed by atoms with van der Waals surface area (Å²) in [5.74, 6) is 0. The molecule has 0 atom stereocenters. The number of rotatable bonds is 3. The van der Waals surface area contributed by atoms with Crippen LogP contribution >= 0.6 is 0 Å². The van der Waals surface area contributed by atoms with Gasteiger partial charge in [-0.1, -0.05) is 36.4 Å². The molecule has 33 heavy (non-hydrogen) atoms. The Hall–Kier alpha value is -3.72. The Bertz CT molecular complexity index is 1380. The van der Waals surface area contributed by atoms with E-state index in [0.29, 0.717) is 0 Å². The SMILES string of the molecule is CN(C)c1ccc(/C=C/c2cc[n+]3c(c2)-c2c(ccc4c2-c2cccc[n+]2CC4)CC3)cc1. The second-order valence-corrected chi connectivity index (χ2v) is 9.27. The molecule has 3 heteroatoms. The van der Waals surface area contributed by atoms with E-state index in [9.17, 15) is 0 Å². The molecule has 0 saturated heterocycles. The molecule has 0 amide bonds. The summed E-state index contributed by atoms with van der Waals surface area (Å²) < 4.78 is 4.83. The first-order chi connectivity index (χ1) is 16.2. The number of pyridine rings is 2. The second-order valence-electron chi connectivity index (χ2n) is 9.27. The number of hydrogen-bond donors (Lipinski definition) is 0. The topological polar surface area (TPSA) is 11.0 Å². The van der Waals surface area contributed by atoms with Crippen molar-refractivity contribution in [2.24, 2.45) is 0 Å². The van der Waals surface area contributed by atoms with Gasteiger partial charge in [0.25, 0.3) is 0 Å². The summed E-state index contributed by atoms with van der Waals surface area (Å²) in [5, 5.41) is 0. The molecular formula is C30H29N3+2. The molecule has 4 heterocycles. The van der Waals surface area contributed by atoms with Gasteiger partial charge in [-0.3, -0.25) is 0 Å². The molecule has 3 nitrogen and oxygen atoms in total. The number of hydrogen-bond acceptors (Lipinski definition) is 1. The fourth-order valence-corrected chi connectivity index (χ4v) is 5.21. The third kappa shape index (κ3) is 3.54. The molecule has 4 aromatic rings. The van der Waals surface area contributed by atoms with Gasteiger partial charge in [0, 0.05) is 56.9 Å². The maximum Gasteiger partial charge on any atom is 0.214 e. The maximum atomic E-state index is 2.42. The van der Waals surface area contributed by atoms with E-state index in [1.807, 2.05) is 0 Å². The van der Waals surface area contributed by atoms with Gasteiger partial charge in [0.15, 0.2) is 25.5 Å². The first kappa shape index (κ1) is 19.9. The molecule has 0 aliphatic carbocycles. The van der Waals surface area contributed by atoms with E-state index in [1.54, 1.807) is 0 Å². The largest absolute Gasteiger partial charge is 0.378 e. The van der Waals surface area contributed by atoms with Crippen molar-refractivity contribution < 1.29 is 9.13 Å². The van der Waals surface area contributed by atoms with E-state index in [1.165, 1.54) is 50.5 Å². The molecule has 0 bridgehead atoms. The number of benzene rings is 2. The van der Waals surface area contributed by atoms with Gasteiger partial charge in [-0.05, 0) is 40.5 Å². The fraction of sp³-hybridized carbons (Fsp3) is 0.200. The van der Waals surface area contributed by atoms with E-state index >= 15 is 0 Å². The van der Waals surface area contributed by atoms with Crippen LogP contribution in [0, 0.1) is 0 Å². The molecule has 0 N–H and O–H groups in total. The quantitative estimate of drug-likeness (QED) is 0.418. The minimum absolute atomic E-state index is 1.03. The average molecular weight is 432 g/mol. The lowest BCUT2D eigenvalue weighted by Crippen LogP contribution is -2.43. The summed E-state index contributed by atoms with van der Waals surface area (Å²) in [6.45, 7) is 2.09. The highest BCUT2D eigenvalue weighted by atomic mass is 15.1. The van der Waals surface area contributed by atoms with Crippen LogP contribution in [0.3, 0.4) is 0 Å². The lowest BCUT2D eigenvalue weighted by molar-refractivity contribution is -0.689. The molecule has 2 aromatic heterocycles. The summed E-state index contributed by atoms with van der Waals surface area (Å²) >= 11 is 0. The van der Waals surface area contributed by atoms with Crippen molar-refractivity contribution in [1.29, 1.82) is 0 Å². The lowest BCUT2D eigenvalue weighted by Gasteiger charge is -2.22. The van der Waals surface area contributed by atoms with Crippen LogP contribution in [0.2, 0.25) is 0 Å². The van der Waals surface area contributed by atoms with Crippen LogP contribution in [0.4, 0.5) is 5.69 Å². The summed E-state index contributed by atoms with van der Waals surface area (Å²) in [5.41, 5.74) is 12.1. The highest BCUT2D eigenvalue weighted by Gasteiger charge is 2.33. The van der Waals surface area contributed by atoms with Crippen LogP contribution in [0.25, 0.3) is 34.7 Å². The van der Waals surface area contributed by atoms with Crippen molar-refractivity contribution in [2.45, 2.75) is 25.9 Å². The lowest BCUT2D eigenvalue weighted by atomic mass is 9.85. The van der Waals surface area contributed by atoms with Crippen molar-refractivity contribution in [3.05, 3.63) is 101 Å². The van der Waals surface area contributed by atoms with Crippen molar-refractivity contribution in [2.75, 3.05) is 19.0 Å². The summed E-state index contributed by atoms with van der Waals surface area (Å²) in [4.78, 5) is 2.13. The van der Waals surface area contributed by atoms with Crippen molar-refractivity contribution >= 4 is 17.8 Å². The van der Waals surface area contributed by atoms with Crippen molar-refractivity contribution in [1.82, 2.24) is 0 Å². The van der Waals surface area contributed by atoms with E-state index in [0.717, 1.165) is 25.9 Å². The molecular weight excluding hydrogens is 402 g/mol. The molecule has 2 aliphatic heterocycles. The Morgan fingerprint density at radius 2 is 1.33 bits per heavy atom. The Morgan fingerprint density at radius 1 is 0.667 bits per heavy atom. The van der Waals surface area contributed by atoms with Gasteiger partial charge >= 0.3 is 0 Å². The molecule has 2 aliphatic rings. The zero-order valence-electron chi connectivity index (χ0n) is 19.3. The van der Waals surface area contributed by atoms with E-state index in [2.05, 4.69) is 119 Å². The predicted octanol–water partition coefficient (Wildman–Crippen LogP) is 4.94. The zero-order chi connectivity index (χ0) is 22.4. The number of fused-ring (bicyclic) bond motifs is 7. The van der Waals surface area contributed by atoms with Crippen LogP contribution in [0.1, 0.15) is 22.3 Å². The monoisotopic (exact) mass is 431 g/mol. The number of anilines is 1. The summed E-state index contributed by atoms with van der Waals surface area (Å²) in [6, 6.07) is 24.6. The molecule has 0 spiro atoms. The smallest absolute Gasteiger partial charge is 0.214 e. The third-order valence-corrected chi connectivity index (χ3v) is 7.01. The zero-order valence-corrected chi connectivity index (χ0v) is 19.3. The van der Waals surface area contributed by atoms with Crippen LogP contribution in [0.5, 0.6) is 0 Å². The standard InChI is InChI=1S/C30H29N3/c1-31(2)26-12-8-22(9-13-26)6-7-23-14-18-33-20-16-25-11-10-24-15-19-32-17-4-3-5-27(32)29(24)30(25)28(33)21-23/h3-14,17-18,21H,15-16,19-20H2,1-2H3/q+2. The number of nitrogens with zero attached hydrogens (tertiary/aromatic N) is 3. The van der Waals surface area contributed by atoms with Gasteiger partial charge in [0.05, 0.1) is 11.1 Å². The van der Waals surface area contributed by atoms with E-state index in [4.69, 9.17) is 0 Å². The molecule has 162 valence electrons. The van der Waals surface area contributed by atoms with Crippen molar-refractivity contribution in [3.8, 4) is 22.5 Å². The minimum atomic E-state index is 1.03. The van der Waals surface area contributed by atoms with Crippen LogP contribution in [-0.2, 0) is 25.9 Å². The molecule has 0 radical (unpaired) electrons. The van der Waals surface area contributed by atoms with E-state index < -0.39 is 0 Å². The van der Waals surface area contributed by atoms with Gasteiger partial charge < -0.3 is 4.90 Å². The van der Waals surface area contributed by atoms with Gasteiger partial charge in [0.2, 0.25) is 11.4 Å². The van der Waals surface area contributed by atoms with Crippen LogP contribution in [-0.4, -0.2) is 14.1 Å². The highest BCUT2D eigenvalue weighted by molar-refractivity contribution is 5.85. The van der Waals surface area contributed by atoms with Crippen molar-refractivity contribution in [3.63, 3.8) is 0 Å². The molecule has 0 saturated carbocycles. The average Bonchev–Trinajstić information content (AvgIpc) is 2.86. The first-order valence-electron chi connectivity index (χ1n) is 11.8. The first-order valence-corrected chi connectivity index (χ1v) is 11.8. The normalized spacial score (nSPS) is 13.8. The second kappa shape index (κ2) is 8.00. The Morgan fingerprint density at radius 3 is 2.06 bits per heavy atom. The maximum absolute atomic E-state index is 2.42. The third-order valence-electron chi connectivity index (χ3n) is 7.01. The number of aromatic nitrogens is 2. The Labute approximate surface area is 195 Å². The molecule has 0 unspecified atom stereocenters. The molecule has 2 aromatic carbocycles. The molecule has 0 fully saturated rings. The predicted molar refractivity (Wildman–Crippen MR) is 135 cm³/mol. The summed E-state index contributed by atoms with van der Waals surface area (Å²) in [7, 11) is 4.15. The minimum Gasteiger partial charge on any atom is -0.378 e. The molecule has 6 rings (SSSR count).